The van der Waals surface area contributed by atoms with Crippen molar-refractivity contribution in [1.29, 1.82) is 0 Å². The largest absolute Gasteiger partial charge is 0.381 e. The molecule has 4 rings (SSSR count). The van der Waals surface area contributed by atoms with Crippen LogP contribution in [0, 0.1) is 0 Å². The Morgan fingerprint density at radius 3 is 2.76 bits per heavy atom. The van der Waals surface area contributed by atoms with Crippen LogP contribution in [0.2, 0.25) is 0 Å². The molecule has 8 nitrogen and oxygen atoms in total. The molecular weight excluding hydrogens is 372 g/mol. The third kappa shape index (κ3) is 5.92. The number of ether oxygens (including phenoxy) is 2. The quantitative estimate of drug-likeness (QED) is 0.781. The smallest absolute Gasteiger partial charge is 0.317 e. The summed E-state index contributed by atoms with van der Waals surface area (Å²) in [4.78, 5) is 19.0. The van der Waals surface area contributed by atoms with Gasteiger partial charge in [-0.2, -0.15) is 4.98 Å². The van der Waals surface area contributed by atoms with Crippen molar-refractivity contribution in [2.45, 2.75) is 82.3 Å². The molecule has 1 aliphatic carbocycles. The van der Waals surface area contributed by atoms with E-state index in [-0.39, 0.29) is 12.1 Å². The number of carbonyl (C=O) groups is 1. The van der Waals surface area contributed by atoms with Crippen LogP contribution in [-0.2, 0) is 15.9 Å². The van der Waals surface area contributed by atoms with E-state index in [9.17, 15) is 4.79 Å². The molecule has 162 valence electrons. The Balaban J connectivity index is 1.18. The molecule has 2 amide bonds. The summed E-state index contributed by atoms with van der Waals surface area (Å²) in [5.74, 6) is 1.75. The van der Waals surface area contributed by atoms with E-state index in [1.807, 2.05) is 4.90 Å². The van der Waals surface area contributed by atoms with Gasteiger partial charge in [-0.15, -0.1) is 0 Å². The van der Waals surface area contributed by atoms with Crippen LogP contribution >= 0.6 is 0 Å². The van der Waals surface area contributed by atoms with E-state index in [1.54, 1.807) is 0 Å². The van der Waals surface area contributed by atoms with E-state index in [4.69, 9.17) is 14.0 Å². The fourth-order valence-corrected chi connectivity index (χ4v) is 4.57. The molecule has 1 aromatic heterocycles. The second kappa shape index (κ2) is 10.4. The van der Waals surface area contributed by atoms with Crippen molar-refractivity contribution in [3.8, 4) is 0 Å². The molecule has 2 aliphatic heterocycles. The van der Waals surface area contributed by atoms with Crippen LogP contribution in [0.25, 0.3) is 0 Å². The number of hydrogen-bond acceptors (Lipinski definition) is 6. The minimum absolute atomic E-state index is 0.0736. The first kappa shape index (κ1) is 20.6. The van der Waals surface area contributed by atoms with E-state index in [2.05, 4.69) is 15.5 Å². The van der Waals surface area contributed by atoms with Gasteiger partial charge in [0.2, 0.25) is 5.89 Å². The highest BCUT2D eigenvalue weighted by Gasteiger charge is 2.26. The Labute approximate surface area is 172 Å². The molecule has 0 radical (unpaired) electrons. The molecule has 1 atom stereocenters. The number of nitrogens with zero attached hydrogens (tertiary/aromatic N) is 3. The lowest BCUT2D eigenvalue weighted by Crippen LogP contribution is -2.50. The van der Waals surface area contributed by atoms with Crippen LogP contribution in [0.4, 0.5) is 4.79 Å². The van der Waals surface area contributed by atoms with Crippen molar-refractivity contribution in [3.05, 3.63) is 11.7 Å². The number of hydrogen-bond donors (Lipinski definition) is 1. The molecule has 29 heavy (non-hydrogen) atoms. The maximum Gasteiger partial charge on any atom is 0.317 e. The highest BCUT2D eigenvalue weighted by molar-refractivity contribution is 5.74. The van der Waals surface area contributed by atoms with Gasteiger partial charge in [0.05, 0.1) is 12.7 Å². The zero-order chi connectivity index (χ0) is 19.9. The van der Waals surface area contributed by atoms with Crippen molar-refractivity contribution in [3.63, 3.8) is 0 Å². The number of piperidine rings is 1. The maximum atomic E-state index is 12.6. The molecule has 0 bridgehead atoms. The van der Waals surface area contributed by atoms with Crippen LogP contribution < -0.4 is 5.32 Å². The Bertz CT molecular complexity index is 640. The first-order valence-corrected chi connectivity index (χ1v) is 11.3. The second-order valence-electron chi connectivity index (χ2n) is 8.55. The highest BCUT2D eigenvalue weighted by atomic mass is 16.5. The number of rotatable bonds is 6. The Morgan fingerprint density at radius 1 is 1.10 bits per heavy atom. The third-order valence-electron chi connectivity index (χ3n) is 6.33. The van der Waals surface area contributed by atoms with E-state index in [0.717, 1.165) is 64.2 Å². The number of carbonyl (C=O) groups excluding carboxylic acids is 1. The minimum Gasteiger partial charge on any atom is -0.381 e. The van der Waals surface area contributed by atoms with Crippen molar-refractivity contribution < 1.29 is 18.8 Å². The molecule has 3 aliphatic rings. The number of aromatic nitrogens is 2. The number of urea groups is 1. The fourth-order valence-electron chi connectivity index (χ4n) is 4.57. The molecule has 1 N–H and O–H groups in total. The van der Waals surface area contributed by atoms with Crippen LogP contribution in [0.5, 0.6) is 0 Å². The normalized spacial score (nSPS) is 24.6. The summed E-state index contributed by atoms with van der Waals surface area (Å²) in [6, 6.07) is 0.421. The third-order valence-corrected chi connectivity index (χ3v) is 6.33. The molecule has 8 heteroatoms. The molecular formula is C21H34N4O4. The first-order valence-electron chi connectivity index (χ1n) is 11.3. The first-order chi connectivity index (χ1) is 14.3. The van der Waals surface area contributed by atoms with Gasteiger partial charge in [0.15, 0.2) is 5.82 Å². The molecule has 1 saturated carbocycles. The van der Waals surface area contributed by atoms with Crippen molar-refractivity contribution >= 4 is 6.03 Å². The van der Waals surface area contributed by atoms with E-state index in [1.165, 1.54) is 19.3 Å². The summed E-state index contributed by atoms with van der Waals surface area (Å²) in [6.07, 6.45) is 10.6. The Hall–Kier alpha value is -1.67. The van der Waals surface area contributed by atoms with Crippen LogP contribution in [0.1, 0.15) is 75.4 Å². The van der Waals surface area contributed by atoms with E-state index >= 15 is 0 Å². The summed E-state index contributed by atoms with van der Waals surface area (Å²) >= 11 is 0. The number of amides is 2. The monoisotopic (exact) mass is 406 g/mol. The van der Waals surface area contributed by atoms with Crippen LogP contribution in [-0.4, -0.2) is 66.1 Å². The molecule has 1 unspecified atom stereocenters. The predicted octanol–water partition coefficient (Wildman–Crippen LogP) is 3.03. The lowest BCUT2D eigenvalue weighted by atomic mass is 9.96. The van der Waals surface area contributed by atoms with E-state index in [0.29, 0.717) is 37.4 Å². The summed E-state index contributed by atoms with van der Waals surface area (Å²) in [7, 11) is 0. The second-order valence-corrected chi connectivity index (χ2v) is 8.55. The van der Waals surface area contributed by atoms with Crippen molar-refractivity contribution in [2.24, 2.45) is 0 Å². The van der Waals surface area contributed by atoms with Gasteiger partial charge in [0, 0.05) is 44.7 Å². The Kier molecular flexibility index (Phi) is 7.38. The fraction of sp³-hybridized carbons (Fsp3) is 0.857. The lowest BCUT2D eigenvalue weighted by Gasteiger charge is -2.34. The summed E-state index contributed by atoms with van der Waals surface area (Å²) in [5, 5.41) is 7.32. The molecule has 2 saturated heterocycles. The summed E-state index contributed by atoms with van der Waals surface area (Å²) in [5.41, 5.74) is 0. The van der Waals surface area contributed by atoms with Gasteiger partial charge < -0.3 is 24.2 Å². The van der Waals surface area contributed by atoms with Gasteiger partial charge >= 0.3 is 6.03 Å². The van der Waals surface area contributed by atoms with E-state index < -0.39 is 0 Å². The molecule has 0 spiro atoms. The number of nitrogens with one attached hydrogen (secondary N) is 1. The molecule has 1 aromatic rings. The molecule has 0 aromatic carbocycles. The van der Waals surface area contributed by atoms with Gasteiger partial charge in [-0.1, -0.05) is 24.4 Å². The van der Waals surface area contributed by atoms with Gasteiger partial charge in [0.25, 0.3) is 0 Å². The highest BCUT2D eigenvalue weighted by Crippen LogP contribution is 2.25. The van der Waals surface area contributed by atoms with Crippen LogP contribution in [0.15, 0.2) is 4.52 Å². The van der Waals surface area contributed by atoms with Gasteiger partial charge in [-0.05, 0) is 38.5 Å². The molecule has 3 fully saturated rings. The number of likely N-dealkylation sites (tertiary alicyclic amines) is 1. The average Bonchev–Trinajstić information content (AvgIpc) is 3.24. The predicted molar refractivity (Wildman–Crippen MR) is 107 cm³/mol. The topological polar surface area (TPSA) is 89.7 Å². The molecule has 3 heterocycles. The average molecular weight is 407 g/mol. The van der Waals surface area contributed by atoms with Crippen LogP contribution in [0.3, 0.4) is 0 Å². The minimum atomic E-state index is 0.0736. The maximum absolute atomic E-state index is 12.6. The zero-order valence-corrected chi connectivity index (χ0v) is 17.3. The van der Waals surface area contributed by atoms with Gasteiger partial charge in [-0.25, -0.2) is 4.79 Å². The SMILES string of the molecule is O=C(NC1CCCCC1)N1CCCC(OCCc2noc(C3CCOCC3)n2)C1. The summed E-state index contributed by atoms with van der Waals surface area (Å²) in [6.45, 7) is 3.56. The standard InChI is InChI=1S/C21H34N4O4/c26-21(22-17-5-2-1-3-6-17)25-11-4-7-18(15-25)28-14-10-19-23-20(29-24-19)16-8-12-27-13-9-16/h16-18H,1-15H2,(H,22,26). The summed E-state index contributed by atoms with van der Waals surface area (Å²) < 4.78 is 16.9. The Morgan fingerprint density at radius 2 is 1.93 bits per heavy atom. The van der Waals surface area contributed by atoms with Gasteiger partial charge in [0.1, 0.15) is 0 Å². The lowest BCUT2D eigenvalue weighted by molar-refractivity contribution is 0.0101. The van der Waals surface area contributed by atoms with Gasteiger partial charge in [-0.3, -0.25) is 0 Å². The van der Waals surface area contributed by atoms with Crippen molar-refractivity contribution in [1.82, 2.24) is 20.4 Å². The van der Waals surface area contributed by atoms with Crippen molar-refractivity contribution in [2.75, 3.05) is 32.9 Å². The zero-order valence-electron chi connectivity index (χ0n) is 17.3.